The van der Waals surface area contributed by atoms with E-state index in [1.54, 1.807) is 6.20 Å². The lowest BCUT2D eigenvalue weighted by molar-refractivity contribution is 0.0750. The minimum Gasteiger partial charge on any atom is -0.337 e. The number of amides is 1. The summed E-state index contributed by atoms with van der Waals surface area (Å²) < 4.78 is 0. The lowest BCUT2D eigenvalue weighted by Gasteiger charge is -2.22. The molecule has 0 aliphatic carbocycles. The predicted molar refractivity (Wildman–Crippen MR) is 80.4 cm³/mol. The van der Waals surface area contributed by atoms with E-state index in [9.17, 15) is 4.79 Å². The maximum atomic E-state index is 12.6. The molecule has 20 heavy (non-hydrogen) atoms. The van der Waals surface area contributed by atoms with E-state index in [0.29, 0.717) is 17.2 Å². The number of nitrogens with one attached hydrogen (secondary N) is 1. The zero-order chi connectivity index (χ0) is 15.1. The number of hydrazine groups is 1. The van der Waals surface area contributed by atoms with Gasteiger partial charge in [-0.05, 0) is 12.8 Å². The summed E-state index contributed by atoms with van der Waals surface area (Å²) in [6, 6.07) is 0. The van der Waals surface area contributed by atoms with Crippen molar-refractivity contribution in [1.29, 1.82) is 0 Å². The molecule has 0 aromatic carbocycles. The second kappa shape index (κ2) is 7.79. The summed E-state index contributed by atoms with van der Waals surface area (Å²) in [7, 11) is 0. The Morgan fingerprint density at radius 1 is 1.35 bits per heavy atom. The van der Waals surface area contributed by atoms with Crippen molar-refractivity contribution in [2.75, 3.05) is 18.5 Å². The molecule has 1 heterocycles. The summed E-state index contributed by atoms with van der Waals surface area (Å²) in [6.45, 7) is 9.54. The van der Waals surface area contributed by atoms with Gasteiger partial charge in [-0.15, -0.1) is 0 Å². The van der Waals surface area contributed by atoms with Gasteiger partial charge in [-0.25, -0.2) is 9.97 Å². The number of carbonyl (C=O) groups excluding carboxylic acids is 1. The van der Waals surface area contributed by atoms with Gasteiger partial charge in [0.05, 0.1) is 11.9 Å². The standard InChI is InChI=1S/C14H25N5O/c1-5-7-19(8-6-2)14(20)12-11(18-15)9-16-13(17-12)10(3)4/h9-10,18H,5-8,15H2,1-4H3. The van der Waals surface area contributed by atoms with Gasteiger partial charge < -0.3 is 10.3 Å². The van der Waals surface area contributed by atoms with Gasteiger partial charge in [-0.3, -0.25) is 10.6 Å². The maximum absolute atomic E-state index is 12.6. The fourth-order valence-corrected chi connectivity index (χ4v) is 1.95. The highest BCUT2D eigenvalue weighted by molar-refractivity contribution is 5.97. The van der Waals surface area contributed by atoms with Gasteiger partial charge >= 0.3 is 0 Å². The summed E-state index contributed by atoms with van der Waals surface area (Å²) in [6.07, 6.45) is 3.41. The first-order valence-corrected chi connectivity index (χ1v) is 7.17. The zero-order valence-corrected chi connectivity index (χ0v) is 12.8. The number of rotatable bonds is 7. The van der Waals surface area contributed by atoms with Gasteiger partial charge in [-0.1, -0.05) is 27.7 Å². The summed E-state index contributed by atoms with van der Waals surface area (Å²) in [5.41, 5.74) is 3.33. The van der Waals surface area contributed by atoms with E-state index in [0.717, 1.165) is 25.9 Å². The molecule has 0 radical (unpaired) electrons. The van der Waals surface area contributed by atoms with Crippen LogP contribution in [0.2, 0.25) is 0 Å². The SMILES string of the molecule is CCCN(CCC)C(=O)c1nc(C(C)C)ncc1NN. The molecule has 1 rings (SSSR count). The van der Waals surface area contributed by atoms with E-state index in [2.05, 4.69) is 29.2 Å². The highest BCUT2D eigenvalue weighted by atomic mass is 16.2. The Balaban J connectivity index is 3.13. The lowest BCUT2D eigenvalue weighted by Crippen LogP contribution is -2.34. The van der Waals surface area contributed by atoms with E-state index in [1.807, 2.05) is 18.7 Å². The number of aromatic nitrogens is 2. The van der Waals surface area contributed by atoms with Crippen molar-refractivity contribution in [3.63, 3.8) is 0 Å². The van der Waals surface area contributed by atoms with Gasteiger partial charge in [0.2, 0.25) is 0 Å². The molecule has 0 saturated heterocycles. The summed E-state index contributed by atoms with van der Waals surface area (Å²) in [4.78, 5) is 23.0. The number of carbonyl (C=O) groups is 1. The van der Waals surface area contributed by atoms with Crippen LogP contribution in [0.25, 0.3) is 0 Å². The molecule has 0 bridgehead atoms. The van der Waals surface area contributed by atoms with Gasteiger partial charge in [0.1, 0.15) is 5.82 Å². The number of nitrogens with two attached hydrogens (primary N) is 1. The van der Waals surface area contributed by atoms with E-state index < -0.39 is 0 Å². The van der Waals surface area contributed by atoms with Crippen molar-refractivity contribution in [2.24, 2.45) is 5.84 Å². The van der Waals surface area contributed by atoms with Crippen LogP contribution < -0.4 is 11.3 Å². The first-order valence-electron chi connectivity index (χ1n) is 7.17. The Bertz CT molecular complexity index is 441. The molecular weight excluding hydrogens is 254 g/mol. The molecule has 0 aliphatic heterocycles. The highest BCUT2D eigenvalue weighted by Gasteiger charge is 2.21. The van der Waals surface area contributed by atoms with Crippen LogP contribution in [0.1, 0.15) is 62.8 Å². The first-order chi connectivity index (χ1) is 9.54. The van der Waals surface area contributed by atoms with Crippen LogP contribution in [0.4, 0.5) is 5.69 Å². The first kappa shape index (κ1) is 16.4. The number of nitrogens with zero attached hydrogens (tertiary/aromatic N) is 3. The van der Waals surface area contributed by atoms with Crippen LogP contribution >= 0.6 is 0 Å². The van der Waals surface area contributed by atoms with E-state index in [1.165, 1.54) is 0 Å². The van der Waals surface area contributed by atoms with Crippen molar-refractivity contribution in [3.8, 4) is 0 Å². The number of hydrogen-bond donors (Lipinski definition) is 2. The van der Waals surface area contributed by atoms with Crippen molar-refractivity contribution in [1.82, 2.24) is 14.9 Å². The fourth-order valence-electron chi connectivity index (χ4n) is 1.95. The number of nitrogen functional groups attached to an aromatic ring is 1. The molecular formula is C14H25N5O. The van der Waals surface area contributed by atoms with Crippen LogP contribution in [0.3, 0.4) is 0 Å². The monoisotopic (exact) mass is 279 g/mol. The van der Waals surface area contributed by atoms with Gasteiger partial charge in [0.15, 0.2) is 5.69 Å². The zero-order valence-electron chi connectivity index (χ0n) is 12.8. The Morgan fingerprint density at radius 2 is 1.95 bits per heavy atom. The fraction of sp³-hybridized carbons (Fsp3) is 0.643. The molecule has 0 spiro atoms. The number of hydrogen-bond acceptors (Lipinski definition) is 5. The van der Waals surface area contributed by atoms with Crippen molar-refractivity contribution in [3.05, 3.63) is 17.7 Å². The molecule has 6 nitrogen and oxygen atoms in total. The van der Waals surface area contributed by atoms with Crippen molar-refractivity contribution >= 4 is 11.6 Å². The van der Waals surface area contributed by atoms with Crippen LogP contribution in [0.15, 0.2) is 6.20 Å². The molecule has 0 saturated carbocycles. The predicted octanol–water partition coefficient (Wildman–Crippen LogP) is 2.15. The number of anilines is 1. The van der Waals surface area contributed by atoms with Crippen LogP contribution in [-0.4, -0.2) is 33.9 Å². The molecule has 112 valence electrons. The van der Waals surface area contributed by atoms with E-state index in [4.69, 9.17) is 5.84 Å². The summed E-state index contributed by atoms with van der Waals surface area (Å²) >= 11 is 0. The van der Waals surface area contributed by atoms with E-state index >= 15 is 0 Å². The third-order valence-corrected chi connectivity index (χ3v) is 2.96. The molecule has 1 aromatic rings. The second-order valence-electron chi connectivity index (χ2n) is 5.08. The molecule has 1 amide bonds. The van der Waals surface area contributed by atoms with Gasteiger partial charge in [-0.2, -0.15) is 0 Å². The van der Waals surface area contributed by atoms with Crippen LogP contribution in [0, 0.1) is 0 Å². The van der Waals surface area contributed by atoms with E-state index in [-0.39, 0.29) is 11.8 Å². The lowest BCUT2D eigenvalue weighted by atomic mass is 10.2. The Morgan fingerprint density at radius 3 is 2.40 bits per heavy atom. The molecule has 3 N–H and O–H groups in total. The maximum Gasteiger partial charge on any atom is 0.274 e. The molecule has 0 atom stereocenters. The average Bonchev–Trinajstić information content (AvgIpc) is 2.45. The van der Waals surface area contributed by atoms with Gasteiger partial charge in [0.25, 0.3) is 5.91 Å². The normalized spacial score (nSPS) is 10.7. The Hall–Kier alpha value is -1.69. The molecule has 0 fully saturated rings. The van der Waals surface area contributed by atoms with Crippen molar-refractivity contribution in [2.45, 2.75) is 46.5 Å². The van der Waals surface area contributed by atoms with Gasteiger partial charge in [0, 0.05) is 19.0 Å². The molecule has 0 unspecified atom stereocenters. The summed E-state index contributed by atoms with van der Waals surface area (Å²) in [5.74, 6) is 6.19. The quantitative estimate of drug-likeness (QED) is 0.590. The molecule has 6 heteroatoms. The molecule has 0 aliphatic rings. The minimum absolute atomic E-state index is 0.0917. The second-order valence-corrected chi connectivity index (χ2v) is 5.08. The Labute approximate surface area is 120 Å². The Kier molecular flexibility index (Phi) is 6.38. The highest BCUT2D eigenvalue weighted by Crippen LogP contribution is 2.17. The average molecular weight is 279 g/mol. The topological polar surface area (TPSA) is 84.1 Å². The summed E-state index contributed by atoms with van der Waals surface area (Å²) in [5, 5.41) is 0. The largest absolute Gasteiger partial charge is 0.337 e. The smallest absolute Gasteiger partial charge is 0.274 e. The van der Waals surface area contributed by atoms with Crippen LogP contribution in [0.5, 0.6) is 0 Å². The molecule has 1 aromatic heterocycles. The van der Waals surface area contributed by atoms with Crippen molar-refractivity contribution < 1.29 is 4.79 Å². The minimum atomic E-state index is -0.0917. The third kappa shape index (κ3) is 3.90. The van der Waals surface area contributed by atoms with Crippen LogP contribution in [-0.2, 0) is 0 Å². The third-order valence-electron chi connectivity index (χ3n) is 2.96.